The summed E-state index contributed by atoms with van der Waals surface area (Å²) >= 11 is 0. The largest absolute Gasteiger partial charge is 0.311 e. The molecule has 186 valence electrons. The molecule has 1 saturated carbocycles. The van der Waals surface area contributed by atoms with Crippen LogP contribution in [0.15, 0.2) is 91.0 Å². The highest BCUT2D eigenvalue weighted by Gasteiger charge is 2.39. The van der Waals surface area contributed by atoms with Crippen LogP contribution in [0.4, 0.5) is 0 Å². The zero-order chi connectivity index (χ0) is 24.6. The molecule has 5 rings (SSSR count). The quantitative estimate of drug-likeness (QED) is 0.314. The first-order valence-electron chi connectivity index (χ1n) is 13.0. The van der Waals surface area contributed by atoms with Gasteiger partial charge in [0.05, 0.1) is 6.61 Å². The Bertz CT molecular complexity index is 1120. The van der Waals surface area contributed by atoms with E-state index in [2.05, 4.69) is 70.3 Å². The molecule has 0 bridgehead atoms. The molecule has 2 atom stereocenters. The molecule has 0 unspecified atom stereocenters. The van der Waals surface area contributed by atoms with Crippen molar-refractivity contribution in [2.24, 2.45) is 0 Å². The Kier molecular flexibility index (Phi) is 8.24. The van der Waals surface area contributed by atoms with Gasteiger partial charge >= 0.3 is 0 Å². The summed E-state index contributed by atoms with van der Waals surface area (Å²) in [4.78, 5) is 19.8. The molecule has 36 heavy (non-hydrogen) atoms. The summed E-state index contributed by atoms with van der Waals surface area (Å²) < 4.78 is 0. The molecule has 2 fully saturated rings. The minimum Gasteiger partial charge on any atom is -0.311 e. The Morgan fingerprint density at radius 1 is 0.889 bits per heavy atom. The maximum atomic E-state index is 12.0. The van der Waals surface area contributed by atoms with Crippen molar-refractivity contribution in [1.82, 2.24) is 15.7 Å². The third-order valence-electron chi connectivity index (χ3n) is 7.12. The van der Waals surface area contributed by atoms with Crippen molar-refractivity contribution in [2.75, 3.05) is 13.1 Å². The van der Waals surface area contributed by atoms with Gasteiger partial charge in [0.2, 0.25) is 0 Å². The molecule has 0 spiro atoms. The van der Waals surface area contributed by atoms with Gasteiger partial charge in [-0.2, -0.15) is 0 Å². The highest BCUT2D eigenvalue weighted by Crippen LogP contribution is 2.41. The number of hydrogen-bond acceptors (Lipinski definition) is 4. The molecular weight excluding hydrogens is 446 g/mol. The zero-order valence-electron chi connectivity index (χ0n) is 20.7. The van der Waals surface area contributed by atoms with Gasteiger partial charge in [0.15, 0.2) is 0 Å². The molecular formula is C31H35N3O2. The van der Waals surface area contributed by atoms with E-state index in [4.69, 9.17) is 4.84 Å². The fraction of sp³-hybridized carbons (Fsp3) is 0.323. The number of likely N-dealkylation sites (tertiary alicyclic amines) is 1. The van der Waals surface area contributed by atoms with Gasteiger partial charge in [0, 0.05) is 30.6 Å². The van der Waals surface area contributed by atoms with E-state index in [-0.39, 0.29) is 5.91 Å². The number of piperidine rings is 1. The lowest BCUT2D eigenvalue weighted by Crippen LogP contribution is -2.43. The highest BCUT2D eigenvalue weighted by atomic mass is 16.6. The molecule has 2 aliphatic rings. The van der Waals surface area contributed by atoms with Crippen molar-refractivity contribution in [2.45, 2.75) is 50.4 Å². The second-order valence-corrected chi connectivity index (χ2v) is 9.89. The maximum Gasteiger partial charge on any atom is 0.267 e. The monoisotopic (exact) mass is 481 g/mol. The number of rotatable bonds is 10. The van der Waals surface area contributed by atoms with Gasteiger partial charge in [0.25, 0.3) is 5.91 Å². The Morgan fingerprint density at radius 2 is 1.58 bits per heavy atom. The van der Waals surface area contributed by atoms with Crippen LogP contribution in [0.25, 0.3) is 6.08 Å². The summed E-state index contributed by atoms with van der Waals surface area (Å²) in [5.41, 5.74) is 7.25. The van der Waals surface area contributed by atoms with Crippen LogP contribution in [0.2, 0.25) is 0 Å². The maximum absolute atomic E-state index is 12.0. The van der Waals surface area contributed by atoms with E-state index in [0.29, 0.717) is 24.6 Å². The summed E-state index contributed by atoms with van der Waals surface area (Å²) in [6.07, 6.45) is 7.00. The number of carbonyl (C=O) groups is 1. The first-order valence-corrected chi connectivity index (χ1v) is 13.0. The van der Waals surface area contributed by atoms with Gasteiger partial charge in [-0.3, -0.25) is 14.5 Å². The van der Waals surface area contributed by atoms with E-state index in [1.165, 1.54) is 36.5 Å². The van der Waals surface area contributed by atoms with Crippen LogP contribution >= 0.6 is 0 Å². The summed E-state index contributed by atoms with van der Waals surface area (Å²) in [6.45, 7) is 3.58. The number of hydroxylamine groups is 1. The Morgan fingerprint density at radius 3 is 2.31 bits per heavy atom. The van der Waals surface area contributed by atoms with Crippen molar-refractivity contribution < 1.29 is 9.63 Å². The lowest BCUT2D eigenvalue weighted by Gasteiger charge is -2.32. The molecule has 1 heterocycles. The van der Waals surface area contributed by atoms with Crippen LogP contribution in [0.5, 0.6) is 0 Å². The van der Waals surface area contributed by atoms with Crippen LogP contribution < -0.4 is 10.8 Å². The van der Waals surface area contributed by atoms with Crippen LogP contribution in [-0.2, 0) is 22.8 Å². The molecule has 1 saturated heterocycles. The number of hydrogen-bond donors (Lipinski definition) is 2. The zero-order valence-corrected chi connectivity index (χ0v) is 20.7. The first-order chi connectivity index (χ1) is 17.7. The molecule has 2 N–H and O–H groups in total. The van der Waals surface area contributed by atoms with E-state index < -0.39 is 0 Å². The second kappa shape index (κ2) is 12.1. The van der Waals surface area contributed by atoms with Crippen LogP contribution in [0.1, 0.15) is 47.4 Å². The average molecular weight is 482 g/mol. The predicted molar refractivity (Wildman–Crippen MR) is 144 cm³/mol. The number of benzene rings is 3. The topological polar surface area (TPSA) is 53.6 Å². The normalized spacial score (nSPS) is 20.4. The third kappa shape index (κ3) is 7.14. The second-order valence-electron chi connectivity index (χ2n) is 9.89. The molecule has 5 heteroatoms. The van der Waals surface area contributed by atoms with E-state index in [9.17, 15) is 4.79 Å². The highest BCUT2D eigenvalue weighted by molar-refractivity contribution is 5.90. The molecule has 1 aliphatic heterocycles. The van der Waals surface area contributed by atoms with E-state index in [0.717, 1.165) is 30.8 Å². The molecule has 3 aromatic rings. The summed E-state index contributed by atoms with van der Waals surface area (Å²) in [6, 6.07) is 30.4. The van der Waals surface area contributed by atoms with E-state index in [1.807, 2.05) is 36.4 Å². The van der Waals surface area contributed by atoms with Gasteiger partial charge in [-0.15, -0.1) is 0 Å². The third-order valence-corrected chi connectivity index (χ3v) is 7.12. The van der Waals surface area contributed by atoms with E-state index >= 15 is 0 Å². The lowest BCUT2D eigenvalue weighted by molar-refractivity contribution is -0.129. The minimum atomic E-state index is -0.271. The Hall–Kier alpha value is -3.25. The van der Waals surface area contributed by atoms with Gasteiger partial charge in [0.1, 0.15) is 0 Å². The van der Waals surface area contributed by atoms with E-state index in [1.54, 1.807) is 0 Å². The summed E-state index contributed by atoms with van der Waals surface area (Å²) in [5.74, 6) is 0.428. The van der Waals surface area contributed by atoms with Gasteiger partial charge in [-0.05, 0) is 60.7 Å². The fourth-order valence-electron chi connectivity index (χ4n) is 4.97. The smallest absolute Gasteiger partial charge is 0.267 e. The SMILES string of the molecule is O=C(/C=C/c1ccc(CN2CCC(N[C@@H]3C[C@H]3c3ccccc3)CC2)cc1)NOCc1ccccc1. The number of nitrogens with zero attached hydrogens (tertiary/aromatic N) is 1. The fourth-order valence-corrected chi connectivity index (χ4v) is 4.97. The van der Waals surface area contributed by atoms with Gasteiger partial charge < -0.3 is 5.32 Å². The lowest BCUT2D eigenvalue weighted by atomic mass is 10.0. The average Bonchev–Trinajstić information content (AvgIpc) is 3.70. The standard InChI is InChI=1S/C31H35N3O2/c35-31(33-36-23-26-7-3-1-4-8-26)16-15-24-11-13-25(14-12-24)22-34-19-17-28(18-20-34)32-30-21-29(30)27-9-5-2-6-10-27/h1-16,28-30,32H,17-23H2,(H,33,35)/b16-15+/t29-,30+/m0/s1. The minimum absolute atomic E-state index is 0.271. The van der Waals surface area contributed by atoms with Crippen molar-refractivity contribution in [3.8, 4) is 0 Å². The van der Waals surface area contributed by atoms with Crippen LogP contribution in [-0.4, -0.2) is 36.0 Å². The Labute approximate surface area is 214 Å². The number of amides is 1. The molecule has 0 radical (unpaired) electrons. The molecule has 1 aliphatic carbocycles. The molecule has 3 aromatic carbocycles. The van der Waals surface area contributed by atoms with Crippen LogP contribution in [0, 0.1) is 0 Å². The summed E-state index contributed by atoms with van der Waals surface area (Å²) in [5, 5.41) is 3.90. The summed E-state index contributed by atoms with van der Waals surface area (Å²) in [7, 11) is 0. The van der Waals surface area contributed by atoms with Crippen molar-refractivity contribution in [3.05, 3.63) is 113 Å². The Balaban J connectivity index is 0.994. The van der Waals surface area contributed by atoms with Crippen LogP contribution in [0.3, 0.4) is 0 Å². The van der Waals surface area contributed by atoms with Crippen molar-refractivity contribution in [3.63, 3.8) is 0 Å². The molecule has 1 amide bonds. The van der Waals surface area contributed by atoms with Crippen molar-refractivity contribution in [1.29, 1.82) is 0 Å². The molecule has 0 aromatic heterocycles. The number of carbonyl (C=O) groups excluding carboxylic acids is 1. The number of nitrogens with one attached hydrogen (secondary N) is 2. The predicted octanol–water partition coefficient (Wildman–Crippen LogP) is 5.06. The van der Waals surface area contributed by atoms with Crippen molar-refractivity contribution >= 4 is 12.0 Å². The van der Waals surface area contributed by atoms with Gasteiger partial charge in [-0.1, -0.05) is 84.9 Å². The van der Waals surface area contributed by atoms with Gasteiger partial charge in [-0.25, -0.2) is 5.48 Å². The first kappa shape index (κ1) is 24.4. The molecule has 5 nitrogen and oxygen atoms in total.